The number of nitrogen functional groups attached to an aromatic ring is 1. The van der Waals surface area contributed by atoms with Gasteiger partial charge in [-0.1, -0.05) is 0 Å². The predicted octanol–water partition coefficient (Wildman–Crippen LogP) is 2.33. The van der Waals surface area contributed by atoms with Gasteiger partial charge in [0.1, 0.15) is 18.0 Å². The number of carbonyl (C=O) groups is 1. The molecule has 0 bridgehead atoms. The normalized spacial score (nSPS) is 9.86. The summed E-state index contributed by atoms with van der Waals surface area (Å²) in [6, 6.07) is 6.04. The van der Waals surface area contributed by atoms with Gasteiger partial charge in [0.2, 0.25) is 0 Å². The number of ether oxygens (including phenoxy) is 1. The monoisotopic (exact) mass is 410 g/mol. The van der Waals surface area contributed by atoms with Gasteiger partial charge in [0.15, 0.2) is 5.69 Å². The number of halogens is 2. The molecule has 2 N–H and O–H groups in total. The maximum atomic E-state index is 13.9. The first-order chi connectivity index (χ1) is 10.4. The van der Waals surface area contributed by atoms with Gasteiger partial charge in [-0.05, 0) is 28.7 Å². The van der Waals surface area contributed by atoms with Crippen molar-refractivity contribution in [3.05, 3.63) is 44.5 Å². The molecule has 22 heavy (non-hydrogen) atoms. The quantitative estimate of drug-likeness (QED) is 0.605. The minimum atomic E-state index is -0.750. The van der Waals surface area contributed by atoms with Crippen LogP contribution in [0.5, 0.6) is 0 Å². The summed E-state index contributed by atoms with van der Waals surface area (Å²) in [5, 5.41) is 17.9. The number of nitriles is 2. The molecule has 0 fully saturated rings. The third-order valence-corrected chi connectivity index (χ3v) is 3.82. The van der Waals surface area contributed by atoms with Gasteiger partial charge in [0.25, 0.3) is 0 Å². The molecule has 0 amide bonds. The number of hydrogen-bond acceptors (Lipinski definition) is 5. The highest BCUT2D eigenvalue weighted by atomic mass is 127. The van der Waals surface area contributed by atoms with Crippen molar-refractivity contribution in [2.45, 2.75) is 0 Å². The van der Waals surface area contributed by atoms with E-state index in [2.05, 4.69) is 4.74 Å². The lowest BCUT2D eigenvalue weighted by Crippen LogP contribution is -2.12. The Morgan fingerprint density at radius 1 is 1.36 bits per heavy atom. The van der Waals surface area contributed by atoms with Crippen LogP contribution in [0.1, 0.15) is 21.6 Å². The number of benzene rings is 1. The predicted molar refractivity (Wildman–Crippen MR) is 83.6 cm³/mol. The van der Waals surface area contributed by atoms with E-state index in [1.807, 2.05) is 28.7 Å². The van der Waals surface area contributed by atoms with E-state index in [1.54, 1.807) is 6.07 Å². The number of methoxy groups -OCH3 is 1. The van der Waals surface area contributed by atoms with Crippen molar-refractivity contribution in [1.29, 1.82) is 10.5 Å². The molecule has 1 aromatic carbocycles. The van der Waals surface area contributed by atoms with E-state index in [0.29, 0.717) is 3.57 Å². The molecular formula is C14H8FIN4O2. The lowest BCUT2D eigenvalue weighted by atomic mass is 10.2. The van der Waals surface area contributed by atoms with Gasteiger partial charge in [-0.2, -0.15) is 10.5 Å². The van der Waals surface area contributed by atoms with Crippen LogP contribution in [0.25, 0.3) is 5.69 Å². The standard InChI is InChI=1S/C14H8FIN4O2/c1-22-14(21)13-12(19)8(5-18)6-20(13)11-3-9(15)7(4-17)2-10(11)16/h2-3,6H,19H2,1H3. The highest BCUT2D eigenvalue weighted by Crippen LogP contribution is 2.28. The van der Waals surface area contributed by atoms with E-state index in [-0.39, 0.29) is 28.2 Å². The largest absolute Gasteiger partial charge is 0.464 e. The Kier molecular flexibility index (Phi) is 4.33. The van der Waals surface area contributed by atoms with Gasteiger partial charge in [0, 0.05) is 15.8 Å². The average Bonchev–Trinajstić information content (AvgIpc) is 2.84. The fourth-order valence-electron chi connectivity index (χ4n) is 1.91. The van der Waals surface area contributed by atoms with Crippen molar-refractivity contribution in [3.8, 4) is 17.8 Å². The van der Waals surface area contributed by atoms with E-state index in [4.69, 9.17) is 16.3 Å². The number of esters is 1. The summed E-state index contributed by atoms with van der Waals surface area (Å²) in [6.07, 6.45) is 1.32. The lowest BCUT2D eigenvalue weighted by molar-refractivity contribution is 0.0593. The number of hydrogen-bond donors (Lipinski definition) is 1. The fraction of sp³-hybridized carbons (Fsp3) is 0.0714. The van der Waals surface area contributed by atoms with Crippen molar-refractivity contribution in [2.75, 3.05) is 12.8 Å². The molecule has 0 saturated carbocycles. The second-order valence-corrected chi connectivity index (χ2v) is 5.34. The van der Waals surface area contributed by atoms with E-state index >= 15 is 0 Å². The highest BCUT2D eigenvalue weighted by Gasteiger charge is 2.23. The summed E-state index contributed by atoms with van der Waals surface area (Å²) in [7, 11) is 1.18. The number of anilines is 1. The molecule has 1 heterocycles. The molecule has 6 nitrogen and oxygen atoms in total. The maximum absolute atomic E-state index is 13.9. The summed E-state index contributed by atoms with van der Waals surface area (Å²) in [5.41, 5.74) is 5.90. The molecule has 0 aliphatic heterocycles. The molecule has 2 rings (SSSR count). The molecule has 110 valence electrons. The smallest absolute Gasteiger partial charge is 0.357 e. The van der Waals surface area contributed by atoms with Crippen molar-refractivity contribution in [3.63, 3.8) is 0 Å². The molecular weight excluding hydrogens is 402 g/mol. The first-order valence-electron chi connectivity index (χ1n) is 5.83. The van der Waals surface area contributed by atoms with Crippen LogP contribution in [0.15, 0.2) is 18.3 Å². The van der Waals surface area contributed by atoms with Gasteiger partial charge in [-0.3, -0.25) is 0 Å². The molecule has 8 heteroatoms. The Bertz CT molecular complexity index is 861. The SMILES string of the molecule is COC(=O)c1c(N)c(C#N)cn1-c1cc(F)c(C#N)cc1I. The summed E-state index contributed by atoms with van der Waals surface area (Å²) < 4.78 is 20.3. The Balaban J connectivity index is 2.79. The molecule has 0 spiro atoms. The van der Waals surface area contributed by atoms with Crippen LogP contribution in [0.2, 0.25) is 0 Å². The van der Waals surface area contributed by atoms with Crippen LogP contribution in [0, 0.1) is 32.0 Å². The van der Waals surface area contributed by atoms with Gasteiger partial charge < -0.3 is 15.0 Å². The molecule has 1 aromatic heterocycles. The number of nitrogens with two attached hydrogens (primary N) is 1. The topological polar surface area (TPSA) is 105 Å². The van der Waals surface area contributed by atoms with Crippen LogP contribution in [-0.4, -0.2) is 17.6 Å². The van der Waals surface area contributed by atoms with Gasteiger partial charge >= 0.3 is 5.97 Å². The van der Waals surface area contributed by atoms with Gasteiger partial charge in [-0.25, -0.2) is 9.18 Å². The molecule has 0 aliphatic carbocycles. The number of nitrogens with zero attached hydrogens (tertiary/aromatic N) is 3. The van der Waals surface area contributed by atoms with E-state index in [1.165, 1.54) is 23.9 Å². The zero-order chi connectivity index (χ0) is 16.4. The second-order valence-electron chi connectivity index (χ2n) is 4.17. The van der Waals surface area contributed by atoms with Crippen LogP contribution in [0.3, 0.4) is 0 Å². The van der Waals surface area contributed by atoms with Crippen LogP contribution in [0.4, 0.5) is 10.1 Å². The molecule has 2 aromatic rings. The zero-order valence-corrected chi connectivity index (χ0v) is 13.4. The lowest BCUT2D eigenvalue weighted by Gasteiger charge is -2.11. The Morgan fingerprint density at radius 2 is 2.00 bits per heavy atom. The van der Waals surface area contributed by atoms with Crippen molar-refractivity contribution < 1.29 is 13.9 Å². The fourth-order valence-corrected chi connectivity index (χ4v) is 2.64. The minimum Gasteiger partial charge on any atom is -0.464 e. The van der Waals surface area contributed by atoms with Gasteiger partial charge in [-0.15, -0.1) is 0 Å². The number of rotatable bonds is 2. The minimum absolute atomic E-state index is 0.0464. The summed E-state index contributed by atoms with van der Waals surface area (Å²) >= 11 is 1.90. The number of carbonyl (C=O) groups excluding carboxylic acids is 1. The third-order valence-electron chi connectivity index (χ3n) is 2.96. The van der Waals surface area contributed by atoms with Crippen LogP contribution in [-0.2, 0) is 4.74 Å². The van der Waals surface area contributed by atoms with E-state index in [9.17, 15) is 9.18 Å². The Labute approximate surface area is 138 Å². The molecule has 0 unspecified atom stereocenters. The summed E-state index contributed by atoms with van der Waals surface area (Å²) in [6.45, 7) is 0. The molecule has 0 aliphatic rings. The second kappa shape index (κ2) is 6.03. The van der Waals surface area contributed by atoms with E-state index in [0.717, 1.165) is 6.07 Å². The third kappa shape index (κ3) is 2.49. The highest BCUT2D eigenvalue weighted by molar-refractivity contribution is 14.1. The summed E-state index contributed by atoms with van der Waals surface area (Å²) in [5.74, 6) is -1.49. The van der Waals surface area contributed by atoms with E-state index < -0.39 is 11.8 Å². The molecule has 0 radical (unpaired) electrons. The molecule has 0 atom stereocenters. The number of aromatic nitrogens is 1. The first-order valence-corrected chi connectivity index (χ1v) is 6.91. The average molecular weight is 410 g/mol. The Morgan fingerprint density at radius 3 is 2.55 bits per heavy atom. The van der Waals surface area contributed by atoms with Crippen LogP contribution < -0.4 is 5.73 Å². The van der Waals surface area contributed by atoms with Crippen molar-refractivity contribution >= 4 is 34.2 Å². The van der Waals surface area contributed by atoms with Crippen LogP contribution >= 0.6 is 22.6 Å². The Hall–Kier alpha value is -2.59. The van der Waals surface area contributed by atoms with Crippen molar-refractivity contribution in [1.82, 2.24) is 4.57 Å². The van der Waals surface area contributed by atoms with Gasteiger partial charge in [0.05, 0.1) is 29.6 Å². The zero-order valence-electron chi connectivity index (χ0n) is 11.2. The van der Waals surface area contributed by atoms with Crippen molar-refractivity contribution in [2.24, 2.45) is 0 Å². The maximum Gasteiger partial charge on any atom is 0.357 e. The molecule has 0 saturated heterocycles. The first kappa shape index (κ1) is 15.8. The summed E-state index contributed by atoms with van der Waals surface area (Å²) in [4.78, 5) is 11.9.